The lowest BCUT2D eigenvalue weighted by molar-refractivity contribution is 0.291. The van der Waals surface area contributed by atoms with Crippen molar-refractivity contribution < 1.29 is 4.74 Å². The van der Waals surface area contributed by atoms with Crippen LogP contribution in [-0.4, -0.2) is 9.55 Å². The normalized spacial score (nSPS) is 10.9. The first-order valence-corrected chi connectivity index (χ1v) is 7.21. The predicted molar refractivity (Wildman–Crippen MR) is 85.2 cm³/mol. The first-order chi connectivity index (χ1) is 10.3. The standard InChI is InChI=1S/C17H19N3O/c1-2-11-20-15-9-5-4-8-14(15)19-17(20)12-21-16-10-6-3-7-13(16)18/h3-10H,2,11-12,18H2,1H3. The Morgan fingerprint density at radius 3 is 2.67 bits per heavy atom. The van der Waals surface area contributed by atoms with E-state index in [-0.39, 0.29) is 0 Å². The number of nitrogens with zero attached hydrogens (tertiary/aromatic N) is 2. The Kier molecular flexibility index (Phi) is 3.77. The SMILES string of the molecule is CCCn1c(COc2ccccc2N)nc2ccccc21. The molecule has 0 unspecified atom stereocenters. The van der Waals surface area contributed by atoms with Crippen molar-refractivity contribution in [3.8, 4) is 5.75 Å². The van der Waals surface area contributed by atoms with Crippen molar-refractivity contribution in [3.05, 3.63) is 54.4 Å². The molecule has 3 rings (SSSR count). The Balaban J connectivity index is 1.89. The zero-order chi connectivity index (χ0) is 14.7. The monoisotopic (exact) mass is 281 g/mol. The van der Waals surface area contributed by atoms with Gasteiger partial charge in [0.2, 0.25) is 0 Å². The van der Waals surface area contributed by atoms with Crippen molar-refractivity contribution in [2.45, 2.75) is 26.5 Å². The molecule has 0 atom stereocenters. The average molecular weight is 281 g/mol. The van der Waals surface area contributed by atoms with Crippen molar-refractivity contribution in [2.75, 3.05) is 5.73 Å². The van der Waals surface area contributed by atoms with E-state index in [2.05, 4.69) is 22.5 Å². The molecule has 0 spiro atoms. The molecule has 0 aliphatic rings. The zero-order valence-electron chi connectivity index (χ0n) is 12.1. The maximum absolute atomic E-state index is 5.90. The molecular weight excluding hydrogens is 262 g/mol. The summed E-state index contributed by atoms with van der Waals surface area (Å²) >= 11 is 0. The van der Waals surface area contributed by atoms with E-state index in [0.717, 1.165) is 29.8 Å². The summed E-state index contributed by atoms with van der Waals surface area (Å²) in [7, 11) is 0. The van der Waals surface area contributed by atoms with Crippen LogP contribution in [-0.2, 0) is 13.2 Å². The summed E-state index contributed by atoms with van der Waals surface area (Å²) in [5.74, 6) is 1.63. The molecule has 0 fully saturated rings. The van der Waals surface area contributed by atoms with Crippen molar-refractivity contribution in [1.29, 1.82) is 0 Å². The van der Waals surface area contributed by atoms with Crippen LogP contribution in [0.4, 0.5) is 5.69 Å². The number of fused-ring (bicyclic) bond motifs is 1. The summed E-state index contributed by atoms with van der Waals surface area (Å²) in [5, 5.41) is 0. The van der Waals surface area contributed by atoms with Gasteiger partial charge < -0.3 is 15.0 Å². The predicted octanol–water partition coefficient (Wildman–Crippen LogP) is 3.61. The molecule has 3 aromatic rings. The number of hydrogen-bond donors (Lipinski definition) is 1. The summed E-state index contributed by atoms with van der Waals surface area (Å²) in [4.78, 5) is 4.67. The fraction of sp³-hybridized carbons (Fsp3) is 0.235. The topological polar surface area (TPSA) is 53.1 Å². The number of anilines is 1. The lowest BCUT2D eigenvalue weighted by atomic mass is 10.3. The molecule has 0 radical (unpaired) electrons. The van der Waals surface area contributed by atoms with Gasteiger partial charge in [0.05, 0.1) is 16.7 Å². The Morgan fingerprint density at radius 1 is 1.10 bits per heavy atom. The minimum atomic E-state index is 0.420. The van der Waals surface area contributed by atoms with E-state index < -0.39 is 0 Å². The molecule has 0 bridgehead atoms. The van der Waals surface area contributed by atoms with E-state index in [9.17, 15) is 0 Å². The second kappa shape index (κ2) is 5.87. The lowest BCUT2D eigenvalue weighted by Crippen LogP contribution is -2.07. The molecule has 2 N–H and O–H groups in total. The number of imidazole rings is 1. The second-order valence-electron chi connectivity index (χ2n) is 4.99. The first-order valence-electron chi connectivity index (χ1n) is 7.21. The van der Waals surface area contributed by atoms with Crippen LogP contribution in [0.2, 0.25) is 0 Å². The Bertz CT molecular complexity index is 749. The van der Waals surface area contributed by atoms with E-state index >= 15 is 0 Å². The second-order valence-corrected chi connectivity index (χ2v) is 4.99. The molecule has 0 saturated heterocycles. The molecule has 21 heavy (non-hydrogen) atoms. The molecule has 4 nitrogen and oxygen atoms in total. The highest BCUT2D eigenvalue weighted by Gasteiger charge is 2.10. The third-order valence-corrected chi connectivity index (χ3v) is 3.46. The summed E-state index contributed by atoms with van der Waals surface area (Å²) < 4.78 is 8.05. The van der Waals surface area contributed by atoms with Gasteiger partial charge in [0, 0.05) is 6.54 Å². The van der Waals surface area contributed by atoms with Crippen LogP contribution in [0, 0.1) is 0 Å². The summed E-state index contributed by atoms with van der Waals surface area (Å²) in [6.45, 7) is 3.51. The molecule has 2 aromatic carbocycles. The Hall–Kier alpha value is -2.49. The average Bonchev–Trinajstić information content (AvgIpc) is 2.85. The molecule has 108 valence electrons. The number of aromatic nitrogens is 2. The number of nitrogen functional groups attached to an aromatic ring is 1. The molecular formula is C17H19N3O. The molecule has 1 heterocycles. The largest absolute Gasteiger partial charge is 0.484 e. The van der Waals surface area contributed by atoms with Gasteiger partial charge in [-0.05, 0) is 30.7 Å². The number of hydrogen-bond acceptors (Lipinski definition) is 3. The Labute approximate surface area is 124 Å². The van der Waals surface area contributed by atoms with Crippen LogP contribution in [0.15, 0.2) is 48.5 Å². The first kappa shape index (κ1) is 13.5. The number of rotatable bonds is 5. The van der Waals surface area contributed by atoms with Crippen LogP contribution in [0.3, 0.4) is 0 Å². The fourth-order valence-corrected chi connectivity index (χ4v) is 2.46. The van der Waals surface area contributed by atoms with E-state index in [1.54, 1.807) is 0 Å². The third kappa shape index (κ3) is 2.70. The minimum absolute atomic E-state index is 0.420. The summed E-state index contributed by atoms with van der Waals surface area (Å²) in [6.07, 6.45) is 1.06. The highest BCUT2D eigenvalue weighted by Crippen LogP contribution is 2.22. The molecule has 0 saturated carbocycles. The van der Waals surface area contributed by atoms with E-state index in [1.807, 2.05) is 42.5 Å². The van der Waals surface area contributed by atoms with Gasteiger partial charge in [-0.1, -0.05) is 31.2 Å². The van der Waals surface area contributed by atoms with Crippen molar-refractivity contribution in [2.24, 2.45) is 0 Å². The van der Waals surface area contributed by atoms with Gasteiger partial charge >= 0.3 is 0 Å². The van der Waals surface area contributed by atoms with Crippen LogP contribution in [0.5, 0.6) is 5.75 Å². The van der Waals surface area contributed by atoms with Crippen molar-refractivity contribution in [3.63, 3.8) is 0 Å². The zero-order valence-corrected chi connectivity index (χ0v) is 12.1. The van der Waals surface area contributed by atoms with Gasteiger partial charge in [-0.25, -0.2) is 4.98 Å². The maximum atomic E-state index is 5.90. The highest BCUT2D eigenvalue weighted by atomic mass is 16.5. The molecule has 0 aliphatic heterocycles. The number of benzene rings is 2. The van der Waals surface area contributed by atoms with Gasteiger partial charge in [0.15, 0.2) is 0 Å². The number of aryl methyl sites for hydroxylation is 1. The van der Waals surface area contributed by atoms with Gasteiger partial charge in [-0.3, -0.25) is 0 Å². The molecule has 1 aromatic heterocycles. The van der Waals surface area contributed by atoms with Crippen LogP contribution in [0.1, 0.15) is 19.2 Å². The number of para-hydroxylation sites is 4. The van der Waals surface area contributed by atoms with Crippen LogP contribution in [0.25, 0.3) is 11.0 Å². The number of nitrogens with two attached hydrogens (primary N) is 1. The summed E-state index contributed by atoms with van der Waals surface area (Å²) in [6, 6.07) is 15.7. The van der Waals surface area contributed by atoms with Gasteiger partial charge in [0.25, 0.3) is 0 Å². The van der Waals surface area contributed by atoms with Crippen molar-refractivity contribution in [1.82, 2.24) is 9.55 Å². The molecule has 4 heteroatoms. The smallest absolute Gasteiger partial charge is 0.147 e. The lowest BCUT2D eigenvalue weighted by Gasteiger charge is -2.10. The summed E-state index contributed by atoms with van der Waals surface area (Å²) in [5.41, 5.74) is 8.71. The van der Waals surface area contributed by atoms with Gasteiger partial charge in [-0.15, -0.1) is 0 Å². The van der Waals surface area contributed by atoms with Crippen LogP contribution >= 0.6 is 0 Å². The van der Waals surface area contributed by atoms with E-state index in [4.69, 9.17) is 10.5 Å². The van der Waals surface area contributed by atoms with E-state index in [1.165, 1.54) is 0 Å². The van der Waals surface area contributed by atoms with Gasteiger partial charge in [-0.2, -0.15) is 0 Å². The fourth-order valence-electron chi connectivity index (χ4n) is 2.46. The minimum Gasteiger partial charge on any atom is -0.484 e. The molecule has 0 amide bonds. The number of ether oxygens (including phenoxy) is 1. The third-order valence-electron chi connectivity index (χ3n) is 3.46. The highest BCUT2D eigenvalue weighted by molar-refractivity contribution is 5.75. The van der Waals surface area contributed by atoms with Crippen molar-refractivity contribution >= 4 is 16.7 Å². The quantitative estimate of drug-likeness (QED) is 0.727. The Morgan fingerprint density at radius 2 is 1.86 bits per heavy atom. The maximum Gasteiger partial charge on any atom is 0.147 e. The van der Waals surface area contributed by atoms with E-state index in [0.29, 0.717) is 18.0 Å². The van der Waals surface area contributed by atoms with Crippen LogP contribution < -0.4 is 10.5 Å². The molecule has 0 aliphatic carbocycles. The van der Waals surface area contributed by atoms with Gasteiger partial charge in [0.1, 0.15) is 18.2 Å².